The molecule has 0 saturated carbocycles. The zero-order valence-electron chi connectivity index (χ0n) is 13.4. The van der Waals surface area contributed by atoms with Crippen LogP contribution in [-0.2, 0) is 9.59 Å². The van der Waals surface area contributed by atoms with Gasteiger partial charge in [-0.2, -0.15) is 11.8 Å². The largest absolute Gasteiger partial charge is 0.480 e. The Bertz CT molecular complexity index is 428. The van der Waals surface area contributed by atoms with Gasteiger partial charge in [0.1, 0.15) is 5.54 Å². The smallest absolute Gasteiger partial charge is 0.451 e. The van der Waals surface area contributed by atoms with Crippen LogP contribution in [0.25, 0.3) is 0 Å². The van der Waals surface area contributed by atoms with Crippen molar-refractivity contribution in [3.63, 3.8) is 0 Å². The number of hydrogen-bond acceptors (Lipinski definition) is 7. The molecule has 10 heteroatoms. The highest BCUT2D eigenvalue weighted by Crippen LogP contribution is 2.28. The van der Waals surface area contributed by atoms with Gasteiger partial charge in [-0.3, -0.25) is 9.59 Å². The van der Waals surface area contributed by atoms with Crippen LogP contribution in [-0.4, -0.2) is 75.7 Å². The van der Waals surface area contributed by atoms with E-state index in [0.29, 0.717) is 19.4 Å². The Kier molecular flexibility index (Phi) is 7.82. The molecular weight excluding hydrogens is 321 g/mol. The van der Waals surface area contributed by atoms with Gasteiger partial charge in [-0.1, -0.05) is 6.42 Å². The maximum atomic E-state index is 12.4. The lowest BCUT2D eigenvalue weighted by Gasteiger charge is -2.42. The second-order valence-corrected chi connectivity index (χ2v) is 7.18. The first-order valence-corrected chi connectivity index (χ1v) is 9.00. The molecule has 0 bridgehead atoms. The number of carbonyl (C=O) groups excluding carboxylic acids is 1. The molecule has 1 saturated heterocycles. The monoisotopic (exact) mass is 347 g/mol. The van der Waals surface area contributed by atoms with Crippen molar-refractivity contribution in [3.05, 3.63) is 0 Å². The molecule has 0 unspecified atom stereocenters. The maximum absolute atomic E-state index is 12.4. The fourth-order valence-corrected chi connectivity index (χ4v) is 3.35. The standard InChI is InChI=1S/C13H26BN3O5S/c1-23-5-3-10(15)11(18)17-7-9(2-4-14(21)22)6-13(16,8-17)12(19)20/h9-10,21-22H,2-8,15-16H2,1H3,(H,19,20)/t9-,10-,13+/m0/s1. The van der Waals surface area contributed by atoms with Gasteiger partial charge in [-0.25, -0.2) is 0 Å². The van der Waals surface area contributed by atoms with E-state index >= 15 is 0 Å². The third-order valence-electron chi connectivity index (χ3n) is 4.13. The number of carboxylic acid groups (broad SMARTS) is 1. The minimum atomic E-state index is -1.53. The summed E-state index contributed by atoms with van der Waals surface area (Å²) in [5.41, 5.74) is 10.3. The van der Waals surface area contributed by atoms with Gasteiger partial charge in [-0.05, 0) is 37.1 Å². The quantitative estimate of drug-likeness (QED) is 0.335. The molecule has 0 aromatic rings. The minimum Gasteiger partial charge on any atom is -0.480 e. The van der Waals surface area contributed by atoms with E-state index in [1.807, 2.05) is 6.26 Å². The molecule has 0 spiro atoms. The average Bonchev–Trinajstić information content (AvgIpc) is 2.49. The van der Waals surface area contributed by atoms with Crippen molar-refractivity contribution >= 4 is 30.8 Å². The molecule has 1 rings (SSSR count). The summed E-state index contributed by atoms with van der Waals surface area (Å²) in [6.45, 7) is 0.261. The summed E-state index contributed by atoms with van der Waals surface area (Å²) in [5.74, 6) is -0.928. The first-order valence-electron chi connectivity index (χ1n) is 7.61. The molecule has 23 heavy (non-hydrogen) atoms. The summed E-state index contributed by atoms with van der Waals surface area (Å²) in [7, 11) is -1.46. The van der Waals surface area contributed by atoms with E-state index in [4.69, 9.17) is 21.5 Å². The summed E-state index contributed by atoms with van der Waals surface area (Å²) in [6.07, 6.45) is 3.12. The number of thioether (sulfide) groups is 1. The van der Waals surface area contributed by atoms with Gasteiger partial charge in [-0.15, -0.1) is 0 Å². The second kappa shape index (κ2) is 8.88. The van der Waals surface area contributed by atoms with Gasteiger partial charge in [0, 0.05) is 13.1 Å². The van der Waals surface area contributed by atoms with E-state index in [1.165, 1.54) is 4.90 Å². The van der Waals surface area contributed by atoms with Crippen LogP contribution in [0.2, 0.25) is 6.32 Å². The Hall–Kier alpha value is -0.805. The molecule has 7 N–H and O–H groups in total. The number of rotatable bonds is 8. The Labute approximate surface area is 140 Å². The highest BCUT2D eigenvalue weighted by atomic mass is 32.2. The number of nitrogens with two attached hydrogens (primary N) is 2. The van der Waals surface area contributed by atoms with Crippen molar-refractivity contribution in [1.29, 1.82) is 0 Å². The molecule has 1 fully saturated rings. The molecular formula is C13H26BN3O5S. The summed E-state index contributed by atoms with van der Waals surface area (Å²) < 4.78 is 0. The molecule has 0 aromatic heterocycles. The third kappa shape index (κ3) is 5.96. The van der Waals surface area contributed by atoms with E-state index in [2.05, 4.69) is 0 Å². The lowest BCUT2D eigenvalue weighted by atomic mass is 9.75. The number of likely N-dealkylation sites (tertiary alicyclic amines) is 1. The Morgan fingerprint density at radius 1 is 1.48 bits per heavy atom. The first kappa shape index (κ1) is 20.2. The Morgan fingerprint density at radius 2 is 2.13 bits per heavy atom. The molecule has 8 nitrogen and oxygen atoms in total. The molecule has 1 heterocycles. The fraction of sp³-hybridized carbons (Fsp3) is 0.846. The van der Waals surface area contributed by atoms with E-state index in [1.54, 1.807) is 11.8 Å². The molecule has 1 amide bonds. The van der Waals surface area contributed by atoms with Crippen LogP contribution >= 0.6 is 11.8 Å². The molecule has 1 aliphatic rings. The topological polar surface area (TPSA) is 150 Å². The van der Waals surface area contributed by atoms with Gasteiger partial charge in [0.15, 0.2) is 0 Å². The number of nitrogens with zero attached hydrogens (tertiary/aromatic N) is 1. The van der Waals surface area contributed by atoms with Crippen molar-refractivity contribution in [2.45, 2.75) is 37.2 Å². The van der Waals surface area contributed by atoms with Crippen molar-refractivity contribution in [1.82, 2.24) is 4.90 Å². The van der Waals surface area contributed by atoms with Crippen molar-refractivity contribution < 1.29 is 24.7 Å². The van der Waals surface area contributed by atoms with Crippen LogP contribution < -0.4 is 11.5 Å². The molecule has 0 aromatic carbocycles. The summed E-state index contributed by atoms with van der Waals surface area (Å²) >= 11 is 1.59. The Balaban J connectivity index is 2.80. The fourth-order valence-electron chi connectivity index (χ4n) is 2.86. The maximum Gasteiger partial charge on any atom is 0.451 e. The van der Waals surface area contributed by atoms with E-state index in [-0.39, 0.29) is 31.1 Å². The predicted octanol–water partition coefficient (Wildman–Crippen LogP) is -1.44. The highest BCUT2D eigenvalue weighted by Gasteiger charge is 2.44. The highest BCUT2D eigenvalue weighted by molar-refractivity contribution is 7.98. The zero-order valence-corrected chi connectivity index (χ0v) is 14.2. The normalized spacial score (nSPS) is 26.0. The van der Waals surface area contributed by atoms with Gasteiger partial charge < -0.3 is 31.5 Å². The lowest BCUT2D eigenvalue weighted by molar-refractivity contribution is -0.149. The third-order valence-corrected chi connectivity index (χ3v) is 4.77. The van der Waals surface area contributed by atoms with Crippen molar-refractivity contribution in [2.24, 2.45) is 17.4 Å². The predicted molar refractivity (Wildman–Crippen MR) is 89.8 cm³/mol. The average molecular weight is 347 g/mol. The van der Waals surface area contributed by atoms with Gasteiger partial charge in [0.2, 0.25) is 5.91 Å². The lowest BCUT2D eigenvalue weighted by Crippen LogP contribution is -2.64. The number of piperidine rings is 1. The van der Waals surface area contributed by atoms with Crippen LogP contribution in [0.15, 0.2) is 0 Å². The number of aliphatic carboxylic acids is 1. The summed E-state index contributed by atoms with van der Waals surface area (Å²) in [6, 6.07) is -0.678. The molecule has 0 aliphatic carbocycles. The van der Waals surface area contributed by atoms with Crippen LogP contribution in [0.1, 0.15) is 19.3 Å². The number of amides is 1. The van der Waals surface area contributed by atoms with Crippen LogP contribution in [0.5, 0.6) is 0 Å². The molecule has 0 radical (unpaired) electrons. The van der Waals surface area contributed by atoms with Crippen LogP contribution in [0.3, 0.4) is 0 Å². The van der Waals surface area contributed by atoms with Gasteiger partial charge in [0.05, 0.1) is 6.04 Å². The van der Waals surface area contributed by atoms with Crippen molar-refractivity contribution in [2.75, 3.05) is 25.1 Å². The second-order valence-electron chi connectivity index (χ2n) is 6.20. The number of hydrogen-bond donors (Lipinski definition) is 5. The van der Waals surface area contributed by atoms with Crippen LogP contribution in [0, 0.1) is 5.92 Å². The number of carbonyl (C=O) groups is 2. The Morgan fingerprint density at radius 3 is 2.65 bits per heavy atom. The first-order chi connectivity index (χ1) is 10.7. The summed E-state index contributed by atoms with van der Waals surface area (Å²) in [4.78, 5) is 25.3. The van der Waals surface area contributed by atoms with Crippen LogP contribution in [0.4, 0.5) is 0 Å². The van der Waals surface area contributed by atoms with E-state index in [9.17, 15) is 14.7 Å². The molecule has 132 valence electrons. The minimum absolute atomic E-state index is 0.0771. The van der Waals surface area contributed by atoms with Gasteiger partial charge in [0.25, 0.3) is 0 Å². The molecule has 1 aliphatic heterocycles. The summed E-state index contributed by atoms with van der Waals surface area (Å²) in [5, 5.41) is 27.4. The SMILES string of the molecule is CSCC[C@H](N)C(=O)N1C[C@@H](CCB(O)O)C[C@](N)(C(=O)O)C1. The molecule has 3 atom stereocenters. The number of carboxylic acids is 1. The van der Waals surface area contributed by atoms with Gasteiger partial charge >= 0.3 is 13.1 Å². The van der Waals surface area contributed by atoms with E-state index < -0.39 is 24.7 Å². The zero-order chi connectivity index (χ0) is 17.6. The van der Waals surface area contributed by atoms with Crippen molar-refractivity contribution in [3.8, 4) is 0 Å². The van der Waals surface area contributed by atoms with E-state index in [0.717, 1.165) is 5.75 Å².